The lowest BCUT2D eigenvalue weighted by Gasteiger charge is -2.07. The molecule has 0 atom stereocenters. The lowest BCUT2D eigenvalue weighted by Crippen LogP contribution is -2.02. The lowest BCUT2D eigenvalue weighted by molar-refractivity contribution is 0.453. The summed E-state index contributed by atoms with van der Waals surface area (Å²) in [6.45, 7) is 0. The smallest absolute Gasteiger partial charge is 0.204 e. The number of aromatic hydroxyl groups is 2. The minimum atomic E-state index is -0.753. The van der Waals surface area contributed by atoms with E-state index in [2.05, 4.69) is 0 Å². The first kappa shape index (κ1) is 15.1. The third-order valence-corrected chi connectivity index (χ3v) is 3.98. The highest BCUT2D eigenvalue weighted by Gasteiger charge is 2.15. The van der Waals surface area contributed by atoms with Gasteiger partial charge in [-0.1, -0.05) is 6.07 Å². The SMILES string of the molecule is O=c1c2cc(-c3ccc(F)cc3F)ccc2oc2cc(O)cc(O)c12. The molecule has 4 aromatic rings. The van der Waals surface area contributed by atoms with Crippen LogP contribution in [0.1, 0.15) is 0 Å². The summed E-state index contributed by atoms with van der Waals surface area (Å²) < 4.78 is 32.6. The van der Waals surface area contributed by atoms with Gasteiger partial charge < -0.3 is 14.6 Å². The zero-order valence-corrected chi connectivity index (χ0v) is 12.6. The summed E-state index contributed by atoms with van der Waals surface area (Å²) in [5.74, 6) is -2.10. The van der Waals surface area contributed by atoms with E-state index >= 15 is 0 Å². The molecule has 0 amide bonds. The summed E-state index contributed by atoms with van der Waals surface area (Å²) in [6.07, 6.45) is 0. The molecule has 0 aliphatic heterocycles. The van der Waals surface area contributed by atoms with Crippen LogP contribution in [0.15, 0.2) is 57.7 Å². The van der Waals surface area contributed by atoms with E-state index in [0.29, 0.717) is 5.56 Å². The Balaban J connectivity index is 2.04. The molecule has 0 saturated carbocycles. The van der Waals surface area contributed by atoms with E-state index < -0.39 is 22.8 Å². The van der Waals surface area contributed by atoms with Gasteiger partial charge in [-0.15, -0.1) is 0 Å². The largest absolute Gasteiger partial charge is 0.508 e. The maximum Gasteiger partial charge on any atom is 0.204 e. The molecule has 4 rings (SSSR count). The number of benzene rings is 3. The van der Waals surface area contributed by atoms with Crippen LogP contribution >= 0.6 is 0 Å². The van der Waals surface area contributed by atoms with Gasteiger partial charge in [0.05, 0.1) is 5.39 Å². The average molecular weight is 340 g/mol. The zero-order valence-electron chi connectivity index (χ0n) is 12.6. The lowest BCUT2D eigenvalue weighted by atomic mass is 10.0. The molecular formula is C19H10F2O4. The molecule has 0 aliphatic carbocycles. The van der Waals surface area contributed by atoms with E-state index in [1.54, 1.807) is 0 Å². The number of phenols is 2. The van der Waals surface area contributed by atoms with E-state index in [9.17, 15) is 23.8 Å². The van der Waals surface area contributed by atoms with Crippen molar-refractivity contribution in [3.8, 4) is 22.6 Å². The Morgan fingerprint density at radius 2 is 1.68 bits per heavy atom. The first-order chi connectivity index (χ1) is 11.9. The maximum absolute atomic E-state index is 14.0. The van der Waals surface area contributed by atoms with Gasteiger partial charge in [0.25, 0.3) is 0 Å². The number of rotatable bonds is 1. The van der Waals surface area contributed by atoms with Gasteiger partial charge in [0.15, 0.2) is 0 Å². The topological polar surface area (TPSA) is 70.7 Å². The molecule has 0 spiro atoms. The second-order valence-electron chi connectivity index (χ2n) is 5.60. The molecule has 2 N–H and O–H groups in total. The normalized spacial score (nSPS) is 11.3. The molecule has 1 heterocycles. The fourth-order valence-corrected chi connectivity index (χ4v) is 2.84. The number of hydrogen-bond acceptors (Lipinski definition) is 4. The van der Waals surface area contributed by atoms with Gasteiger partial charge in [-0.05, 0) is 29.8 Å². The van der Waals surface area contributed by atoms with Crippen molar-refractivity contribution < 1.29 is 23.4 Å². The number of halogens is 2. The van der Waals surface area contributed by atoms with Crippen LogP contribution in [0.5, 0.6) is 11.5 Å². The van der Waals surface area contributed by atoms with Crippen molar-refractivity contribution in [2.24, 2.45) is 0 Å². The molecule has 0 fully saturated rings. The summed E-state index contributed by atoms with van der Waals surface area (Å²) in [4.78, 5) is 12.7. The summed E-state index contributed by atoms with van der Waals surface area (Å²) in [6, 6.07) is 9.87. The highest BCUT2D eigenvalue weighted by molar-refractivity contribution is 5.95. The van der Waals surface area contributed by atoms with Crippen LogP contribution in [-0.2, 0) is 0 Å². The fraction of sp³-hybridized carbons (Fsp3) is 0. The summed E-state index contributed by atoms with van der Waals surface area (Å²) in [5.41, 5.74) is 0.246. The molecule has 124 valence electrons. The van der Waals surface area contributed by atoms with E-state index in [1.807, 2.05) is 0 Å². The molecule has 25 heavy (non-hydrogen) atoms. The monoisotopic (exact) mass is 340 g/mol. The molecule has 0 bridgehead atoms. The predicted octanol–water partition coefficient (Wildman–Crippen LogP) is 4.30. The van der Waals surface area contributed by atoms with Crippen LogP contribution < -0.4 is 5.43 Å². The summed E-state index contributed by atoms with van der Waals surface area (Å²) >= 11 is 0. The van der Waals surface area contributed by atoms with Crippen molar-refractivity contribution in [3.63, 3.8) is 0 Å². The van der Waals surface area contributed by atoms with Crippen LogP contribution in [0.2, 0.25) is 0 Å². The number of fused-ring (bicyclic) bond motifs is 2. The van der Waals surface area contributed by atoms with E-state index in [4.69, 9.17) is 4.42 Å². The van der Waals surface area contributed by atoms with Crippen molar-refractivity contribution in [1.82, 2.24) is 0 Å². The van der Waals surface area contributed by atoms with Gasteiger partial charge in [0.1, 0.15) is 39.7 Å². The fourth-order valence-electron chi connectivity index (χ4n) is 2.84. The van der Waals surface area contributed by atoms with Crippen LogP contribution in [0.25, 0.3) is 33.1 Å². The number of hydrogen-bond donors (Lipinski definition) is 2. The van der Waals surface area contributed by atoms with E-state index in [-0.39, 0.29) is 33.3 Å². The Bertz CT molecular complexity index is 1210. The second-order valence-corrected chi connectivity index (χ2v) is 5.60. The van der Waals surface area contributed by atoms with Crippen molar-refractivity contribution in [2.45, 2.75) is 0 Å². The maximum atomic E-state index is 14.0. The zero-order chi connectivity index (χ0) is 17.7. The van der Waals surface area contributed by atoms with Crippen LogP contribution in [0, 0.1) is 11.6 Å². The Labute approximate surface area is 139 Å². The van der Waals surface area contributed by atoms with Crippen molar-refractivity contribution in [2.75, 3.05) is 0 Å². The van der Waals surface area contributed by atoms with Crippen molar-refractivity contribution in [3.05, 3.63) is 70.4 Å². The number of phenolic OH excluding ortho intramolecular Hbond substituents is 2. The molecule has 6 heteroatoms. The average Bonchev–Trinajstić information content (AvgIpc) is 2.54. The van der Waals surface area contributed by atoms with Crippen molar-refractivity contribution in [1.29, 1.82) is 0 Å². The standard InChI is InChI=1S/C19H10F2O4/c20-10-2-3-12(14(21)6-10)9-1-4-16-13(5-9)19(24)18-15(23)7-11(22)8-17(18)25-16/h1-8,22-23H. The first-order valence-corrected chi connectivity index (χ1v) is 7.32. The van der Waals surface area contributed by atoms with Crippen molar-refractivity contribution >= 4 is 21.9 Å². The minimum Gasteiger partial charge on any atom is -0.508 e. The highest BCUT2D eigenvalue weighted by atomic mass is 19.1. The van der Waals surface area contributed by atoms with Gasteiger partial charge >= 0.3 is 0 Å². The molecule has 1 aromatic heterocycles. The summed E-state index contributed by atoms with van der Waals surface area (Å²) in [7, 11) is 0. The van der Waals surface area contributed by atoms with Crippen LogP contribution in [0.4, 0.5) is 8.78 Å². The second kappa shape index (κ2) is 5.31. The Hall–Kier alpha value is -3.41. The molecule has 4 nitrogen and oxygen atoms in total. The van der Waals surface area contributed by atoms with Gasteiger partial charge in [0.2, 0.25) is 5.43 Å². The Morgan fingerprint density at radius 3 is 2.44 bits per heavy atom. The van der Waals surface area contributed by atoms with Gasteiger partial charge in [0, 0.05) is 23.8 Å². The van der Waals surface area contributed by atoms with E-state index in [1.165, 1.54) is 30.3 Å². The van der Waals surface area contributed by atoms with Gasteiger partial charge in [-0.2, -0.15) is 0 Å². The highest BCUT2D eigenvalue weighted by Crippen LogP contribution is 2.32. The third-order valence-electron chi connectivity index (χ3n) is 3.98. The van der Waals surface area contributed by atoms with Crippen LogP contribution in [-0.4, -0.2) is 10.2 Å². The third kappa shape index (κ3) is 2.39. The van der Waals surface area contributed by atoms with Crippen LogP contribution in [0.3, 0.4) is 0 Å². The van der Waals surface area contributed by atoms with E-state index in [0.717, 1.165) is 18.2 Å². The molecule has 0 saturated heterocycles. The molecular weight excluding hydrogens is 330 g/mol. The molecule has 0 radical (unpaired) electrons. The molecule has 0 unspecified atom stereocenters. The van der Waals surface area contributed by atoms with Gasteiger partial charge in [-0.25, -0.2) is 8.78 Å². The van der Waals surface area contributed by atoms with Gasteiger partial charge in [-0.3, -0.25) is 4.79 Å². The Kier molecular flexibility index (Phi) is 3.21. The molecule has 3 aromatic carbocycles. The summed E-state index contributed by atoms with van der Waals surface area (Å²) in [5, 5.41) is 19.5. The quantitative estimate of drug-likeness (QED) is 0.507. The molecule has 0 aliphatic rings. The first-order valence-electron chi connectivity index (χ1n) is 7.32. The minimum absolute atomic E-state index is 0.0377. The predicted molar refractivity (Wildman–Crippen MR) is 88.7 cm³/mol. The Morgan fingerprint density at radius 1 is 0.880 bits per heavy atom.